The largest absolute Gasteiger partial charge is 0.198 e. The first kappa shape index (κ1) is 14.2. The molecule has 11 heavy (non-hydrogen) atoms. The molecule has 0 heterocycles. The zero-order chi connectivity index (χ0) is 5.40. The average Bonchev–Trinajstić information content (AvgIpc) is 2.49. The Morgan fingerprint density at radius 2 is 1.91 bits per heavy atom. The summed E-state index contributed by atoms with van der Waals surface area (Å²) in [7, 11) is 0. The molecule has 0 saturated carbocycles. The maximum Gasteiger partial charge on any atom is 0 e. The summed E-state index contributed by atoms with van der Waals surface area (Å²) in [5.74, 6) is 0. The molecular weight excluding hydrogens is 258 g/mol. The number of hydrogen-bond donors (Lipinski definition) is 0. The van der Waals surface area contributed by atoms with Crippen molar-refractivity contribution in [1.29, 1.82) is 0 Å². The van der Waals surface area contributed by atoms with Crippen molar-refractivity contribution in [2.24, 2.45) is 0 Å². The van der Waals surface area contributed by atoms with E-state index < -0.39 is 0 Å². The fourth-order valence-corrected chi connectivity index (χ4v) is 0.896. The van der Waals surface area contributed by atoms with Crippen LogP contribution in [0, 0.1) is 6.08 Å². The molecule has 60 valence electrons. The van der Waals surface area contributed by atoms with Crippen LogP contribution in [0.4, 0.5) is 0 Å². The van der Waals surface area contributed by atoms with Gasteiger partial charge < -0.3 is 0 Å². The fraction of sp³-hybridized carbons (Fsp3) is 0.250. The van der Waals surface area contributed by atoms with Gasteiger partial charge in [0, 0.05) is 26.2 Å². The SMILES string of the molecule is Cl.Cl.[C-]1=C(C2=CC2)C=CC1.[Zr]. The maximum absolute atomic E-state index is 3.26. The molecule has 0 aromatic heterocycles. The van der Waals surface area contributed by atoms with Gasteiger partial charge >= 0.3 is 0 Å². The molecule has 0 aromatic rings. The van der Waals surface area contributed by atoms with Gasteiger partial charge in [-0.25, -0.2) is 0 Å². The van der Waals surface area contributed by atoms with Gasteiger partial charge in [-0.3, -0.25) is 0 Å². The molecule has 0 radical (unpaired) electrons. The van der Waals surface area contributed by atoms with Gasteiger partial charge in [0.2, 0.25) is 0 Å². The van der Waals surface area contributed by atoms with E-state index in [1.54, 1.807) is 0 Å². The molecule has 0 atom stereocenters. The third-order valence-corrected chi connectivity index (χ3v) is 1.45. The van der Waals surface area contributed by atoms with Crippen LogP contribution in [0.2, 0.25) is 0 Å². The van der Waals surface area contributed by atoms with Gasteiger partial charge in [0.25, 0.3) is 0 Å². The molecule has 0 saturated heterocycles. The molecule has 0 aromatic carbocycles. The fourth-order valence-electron chi connectivity index (χ4n) is 0.896. The molecular formula is C8H9Cl2Zr-. The molecule has 3 heteroatoms. The van der Waals surface area contributed by atoms with Crippen molar-refractivity contribution in [3.63, 3.8) is 0 Å². The molecule has 0 N–H and O–H groups in total. The summed E-state index contributed by atoms with van der Waals surface area (Å²) < 4.78 is 0. The zero-order valence-corrected chi connectivity index (χ0v) is 10.1. The van der Waals surface area contributed by atoms with Crippen molar-refractivity contribution < 1.29 is 26.2 Å². The second-order valence-electron chi connectivity index (χ2n) is 2.13. The summed E-state index contributed by atoms with van der Waals surface area (Å²) in [5, 5.41) is 0. The van der Waals surface area contributed by atoms with Crippen LogP contribution >= 0.6 is 24.8 Å². The second-order valence-corrected chi connectivity index (χ2v) is 2.13. The van der Waals surface area contributed by atoms with Gasteiger partial charge in [-0.15, -0.1) is 37.0 Å². The minimum Gasteiger partial charge on any atom is -0.198 e. The summed E-state index contributed by atoms with van der Waals surface area (Å²) in [4.78, 5) is 0. The van der Waals surface area contributed by atoms with Gasteiger partial charge in [0.05, 0.1) is 0 Å². The second kappa shape index (κ2) is 6.23. The Hall–Kier alpha value is 0.683. The van der Waals surface area contributed by atoms with Crippen molar-refractivity contribution in [2.75, 3.05) is 0 Å². The number of rotatable bonds is 1. The summed E-state index contributed by atoms with van der Waals surface area (Å²) in [6.45, 7) is 0. The summed E-state index contributed by atoms with van der Waals surface area (Å²) in [5.41, 5.74) is 2.82. The van der Waals surface area contributed by atoms with E-state index in [2.05, 4.69) is 24.3 Å². The summed E-state index contributed by atoms with van der Waals surface area (Å²) >= 11 is 0. The van der Waals surface area contributed by atoms with Crippen molar-refractivity contribution in [3.05, 3.63) is 35.5 Å². The third kappa shape index (κ3) is 3.74. The monoisotopic (exact) mass is 265 g/mol. The van der Waals surface area contributed by atoms with E-state index in [1.165, 1.54) is 17.6 Å². The van der Waals surface area contributed by atoms with Crippen molar-refractivity contribution in [3.8, 4) is 0 Å². The topological polar surface area (TPSA) is 0 Å². The maximum atomic E-state index is 3.26. The van der Waals surface area contributed by atoms with E-state index in [1.807, 2.05) is 0 Å². The van der Waals surface area contributed by atoms with E-state index in [-0.39, 0.29) is 51.0 Å². The van der Waals surface area contributed by atoms with Crippen molar-refractivity contribution >= 4 is 24.8 Å². The zero-order valence-electron chi connectivity index (χ0n) is 5.96. The summed E-state index contributed by atoms with van der Waals surface area (Å²) in [6.07, 6.45) is 12.0. The quantitative estimate of drug-likeness (QED) is 0.641. The Kier molecular flexibility index (Phi) is 8.05. The van der Waals surface area contributed by atoms with E-state index in [0.29, 0.717) is 0 Å². The van der Waals surface area contributed by atoms with Crippen LogP contribution in [-0.2, 0) is 26.2 Å². The standard InChI is InChI=1S/C8H7.2ClH.Zr/c1-2-4-7(3-1)8-5-6-8;;;/h1,3,5H,2,6H2;2*1H;/q-1;;;. The molecule has 0 bridgehead atoms. The Bertz CT molecular complexity index is 204. The Balaban J connectivity index is 0. The molecule has 0 fully saturated rings. The predicted octanol–water partition coefficient (Wildman–Crippen LogP) is 2.85. The predicted molar refractivity (Wildman–Crippen MR) is 47.7 cm³/mol. The number of hydrogen-bond acceptors (Lipinski definition) is 0. The Morgan fingerprint density at radius 3 is 2.27 bits per heavy atom. The molecule has 0 aliphatic heterocycles. The van der Waals surface area contributed by atoms with Gasteiger partial charge in [-0.05, 0) is 0 Å². The van der Waals surface area contributed by atoms with Gasteiger partial charge in [-0.1, -0.05) is 12.8 Å². The van der Waals surface area contributed by atoms with Crippen LogP contribution in [0.5, 0.6) is 0 Å². The third-order valence-electron chi connectivity index (χ3n) is 1.45. The number of halogens is 2. The van der Waals surface area contributed by atoms with Crippen molar-refractivity contribution in [1.82, 2.24) is 0 Å². The smallest absolute Gasteiger partial charge is 0 e. The first-order valence-electron chi connectivity index (χ1n) is 2.93. The van der Waals surface area contributed by atoms with Crippen LogP contribution in [-0.4, -0.2) is 0 Å². The molecule has 0 unspecified atom stereocenters. The molecule has 0 amide bonds. The average molecular weight is 267 g/mol. The Morgan fingerprint density at radius 1 is 1.27 bits per heavy atom. The molecule has 2 rings (SSSR count). The van der Waals surface area contributed by atoms with Gasteiger partial charge in [-0.2, -0.15) is 23.3 Å². The molecule has 2 aliphatic carbocycles. The summed E-state index contributed by atoms with van der Waals surface area (Å²) in [6, 6.07) is 0. The minimum atomic E-state index is 0. The first-order valence-corrected chi connectivity index (χ1v) is 2.93. The van der Waals surface area contributed by atoms with Gasteiger partial charge in [0.15, 0.2) is 0 Å². The van der Waals surface area contributed by atoms with E-state index in [4.69, 9.17) is 0 Å². The van der Waals surface area contributed by atoms with E-state index >= 15 is 0 Å². The van der Waals surface area contributed by atoms with E-state index in [0.717, 1.165) is 6.42 Å². The van der Waals surface area contributed by atoms with Crippen LogP contribution in [0.15, 0.2) is 29.4 Å². The van der Waals surface area contributed by atoms with E-state index in [9.17, 15) is 0 Å². The molecule has 0 nitrogen and oxygen atoms in total. The van der Waals surface area contributed by atoms with Crippen LogP contribution < -0.4 is 0 Å². The van der Waals surface area contributed by atoms with Crippen LogP contribution in [0.3, 0.4) is 0 Å². The normalized spacial score (nSPS) is 16.7. The Labute approximate surface area is 98.8 Å². The molecule has 2 aliphatic rings. The van der Waals surface area contributed by atoms with Gasteiger partial charge in [0.1, 0.15) is 0 Å². The number of allylic oxidation sites excluding steroid dienone is 6. The molecule has 0 spiro atoms. The van der Waals surface area contributed by atoms with Crippen LogP contribution in [0.1, 0.15) is 12.8 Å². The van der Waals surface area contributed by atoms with Crippen molar-refractivity contribution in [2.45, 2.75) is 12.8 Å². The van der Waals surface area contributed by atoms with Crippen LogP contribution in [0.25, 0.3) is 0 Å². The minimum absolute atomic E-state index is 0. The first-order chi connectivity index (χ1) is 3.97.